The minimum absolute atomic E-state index is 0.128. The monoisotopic (exact) mass is 549 g/mol. The van der Waals surface area contributed by atoms with Crippen LogP contribution in [0.4, 0.5) is 5.69 Å². The van der Waals surface area contributed by atoms with E-state index < -0.39 is 16.9 Å². The number of benzene rings is 2. The van der Waals surface area contributed by atoms with Crippen LogP contribution in [0.1, 0.15) is 31.2 Å². The first-order valence-electron chi connectivity index (χ1n) is 11.6. The zero-order chi connectivity index (χ0) is 27.0. The largest absolute Gasteiger partial charge is 0.463 e. The molecule has 0 spiro atoms. The second-order valence-electron chi connectivity index (χ2n) is 8.34. The molecule has 1 aliphatic rings. The highest BCUT2D eigenvalue weighted by molar-refractivity contribution is 7.07. The van der Waals surface area contributed by atoms with Crippen molar-refractivity contribution in [3.63, 3.8) is 0 Å². The molecule has 0 fully saturated rings. The summed E-state index contributed by atoms with van der Waals surface area (Å²) >= 11 is 7.42. The summed E-state index contributed by atoms with van der Waals surface area (Å²) < 4.78 is 13.1. The van der Waals surface area contributed by atoms with Crippen LogP contribution >= 0.6 is 22.9 Å². The van der Waals surface area contributed by atoms with Gasteiger partial charge in [-0.3, -0.25) is 19.5 Å². The maximum Gasteiger partial charge on any atom is 0.338 e. The standard InChI is InChI=1S/C27H20ClN3O6S/c1-3-36-26(33)23-15(2)29-27-30(24(23)16-7-5-4-6-8-16)25(32)22(38-27)14-18-10-12-21(37-18)19-11-9-17(31(34)35)13-20(19)28/h4-14,24H,3H2,1-2H3/b22-14+/t24-/m1/s1. The average molecular weight is 550 g/mol. The minimum atomic E-state index is -0.695. The Bertz CT molecular complexity index is 1780. The van der Waals surface area contributed by atoms with Gasteiger partial charge in [0.25, 0.3) is 11.2 Å². The Morgan fingerprint density at radius 3 is 2.68 bits per heavy atom. The zero-order valence-corrected chi connectivity index (χ0v) is 21.8. The van der Waals surface area contributed by atoms with Crippen molar-refractivity contribution in [2.24, 2.45) is 4.99 Å². The predicted molar refractivity (Wildman–Crippen MR) is 143 cm³/mol. The first-order chi connectivity index (χ1) is 18.3. The van der Waals surface area contributed by atoms with Crippen LogP contribution in [-0.2, 0) is 9.53 Å². The lowest BCUT2D eigenvalue weighted by molar-refractivity contribution is -0.384. The van der Waals surface area contributed by atoms with E-state index in [0.29, 0.717) is 37.7 Å². The number of allylic oxidation sites excluding steroid dienone is 1. The highest BCUT2D eigenvalue weighted by Crippen LogP contribution is 2.33. The number of aromatic nitrogens is 1. The molecule has 2 aromatic heterocycles. The molecule has 0 saturated heterocycles. The molecule has 3 heterocycles. The van der Waals surface area contributed by atoms with Crippen molar-refractivity contribution < 1.29 is 18.9 Å². The summed E-state index contributed by atoms with van der Waals surface area (Å²) in [5.74, 6) is 0.260. The lowest BCUT2D eigenvalue weighted by atomic mass is 9.96. The van der Waals surface area contributed by atoms with Gasteiger partial charge in [0, 0.05) is 23.8 Å². The predicted octanol–water partition coefficient (Wildman–Crippen LogP) is 4.62. The molecule has 11 heteroatoms. The number of non-ortho nitro benzene ring substituents is 1. The second kappa shape index (κ2) is 10.2. The minimum Gasteiger partial charge on any atom is -0.463 e. The Hall–Kier alpha value is -4.28. The summed E-state index contributed by atoms with van der Waals surface area (Å²) in [4.78, 5) is 42.0. The number of carbonyl (C=O) groups excluding carboxylic acids is 1. The number of nitro benzene ring substituents is 1. The Morgan fingerprint density at radius 1 is 1.24 bits per heavy atom. The molecule has 38 heavy (non-hydrogen) atoms. The molecule has 4 aromatic rings. The zero-order valence-electron chi connectivity index (χ0n) is 20.2. The summed E-state index contributed by atoms with van der Waals surface area (Å²) in [5, 5.41) is 11.2. The number of esters is 1. The van der Waals surface area contributed by atoms with Gasteiger partial charge in [-0.15, -0.1) is 0 Å². The van der Waals surface area contributed by atoms with Crippen LogP contribution in [0.15, 0.2) is 86.1 Å². The van der Waals surface area contributed by atoms with Crippen molar-refractivity contribution in [3.05, 3.63) is 118 Å². The van der Waals surface area contributed by atoms with Crippen molar-refractivity contribution in [3.8, 4) is 11.3 Å². The average Bonchev–Trinajstić information content (AvgIpc) is 3.48. The van der Waals surface area contributed by atoms with Crippen molar-refractivity contribution in [2.75, 3.05) is 6.61 Å². The van der Waals surface area contributed by atoms with Gasteiger partial charge in [-0.2, -0.15) is 0 Å². The van der Waals surface area contributed by atoms with E-state index >= 15 is 0 Å². The summed E-state index contributed by atoms with van der Waals surface area (Å²) in [6, 6.07) is 16.0. The van der Waals surface area contributed by atoms with Crippen LogP contribution in [0, 0.1) is 10.1 Å². The molecular formula is C27H20ClN3O6S. The molecule has 9 nitrogen and oxygen atoms in total. The number of thiazole rings is 1. The molecule has 0 saturated carbocycles. The Balaban J connectivity index is 1.60. The summed E-state index contributed by atoms with van der Waals surface area (Å²) in [6.07, 6.45) is 1.60. The third kappa shape index (κ3) is 4.59. The molecule has 0 N–H and O–H groups in total. The van der Waals surface area contributed by atoms with Crippen LogP contribution in [0.3, 0.4) is 0 Å². The lowest BCUT2D eigenvalue weighted by Gasteiger charge is -2.24. The molecular weight excluding hydrogens is 530 g/mol. The number of furan rings is 1. The number of fused-ring (bicyclic) bond motifs is 1. The number of hydrogen-bond acceptors (Lipinski definition) is 8. The number of hydrogen-bond donors (Lipinski definition) is 0. The number of nitrogens with zero attached hydrogens (tertiary/aromatic N) is 3. The molecule has 5 rings (SSSR count). The molecule has 0 unspecified atom stereocenters. The van der Waals surface area contributed by atoms with Gasteiger partial charge in [-0.05, 0) is 37.6 Å². The Kier molecular flexibility index (Phi) is 6.83. The highest BCUT2D eigenvalue weighted by Gasteiger charge is 2.33. The van der Waals surface area contributed by atoms with Gasteiger partial charge >= 0.3 is 5.97 Å². The van der Waals surface area contributed by atoms with Crippen molar-refractivity contribution in [1.29, 1.82) is 0 Å². The maximum atomic E-state index is 13.6. The third-order valence-electron chi connectivity index (χ3n) is 5.96. The molecule has 0 bridgehead atoms. The Labute approximate surface area is 224 Å². The van der Waals surface area contributed by atoms with Crippen molar-refractivity contribution in [1.82, 2.24) is 4.57 Å². The fourth-order valence-electron chi connectivity index (χ4n) is 4.26. The number of rotatable bonds is 6. The third-order valence-corrected chi connectivity index (χ3v) is 7.26. The fourth-order valence-corrected chi connectivity index (χ4v) is 5.56. The van der Waals surface area contributed by atoms with E-state index in [1.807, 2.05) is 30.3 Å². The van der Waals surface area contributed by atoms with Gasteiger partial charge in [0.1, 0.15) is 11.5 Å². The number of ether oxygens (including phenoxy) is 1. The molecule has 1 atom stereocenters. The van der Waals surface area contributed by atoms with Gasteiger partial charge in [-0.1, -0.05) is 53.3 Å². The normalized spacial score (nSPS) is 15.2. The van der Waals surface area contributed by atoms with E-state index in [0.717, 1.165) is 5.56 Å². The second-order valence-corrected chi connectivity index (χ2v) is 9.75. The smallest absolute Gasteiger partial charge is 0.338 e. The SMILES string of the molecule is CCOC(=O)C1=C(C)N=c2s/c(=C/c3ccc(-c4ccc([N+](=O)[O-])cc4Cl)o3)c(=O)n2[C@@H]1c1ccccc1. The van der Waals surface area contributed by atoms with Crippen LogP contribution in [-0.4, -0.2) is 22.1 Å². The van der Waals surface area contributed by atoms with Crippen LogP contribution in [0.25, 0.3) is 17.4 Å². The summed E-state index contributed by atoms with van der Waals surface area (Å²) in [6.45, 7) is 3.65. The summed E-state index contributed by atoms with van der Waals surface area (Å²) in [5.41, 5.74) is 1.58. The number of carbonyl (C=O) groups is 1. The molecule has 0 radical (unpaired) electrons. The van der Waals surface area contributed by atoms with Gasteiger partial charge in [-0.25, -0.2) is 9.79 Å². The highest BCUT2D eigenvalue weighted by atomic mass is 35.5. The molecule has 0 amide bonds. The van der Waals surface area contributed by atoms with Crippen LogP contribution in [0.2, 0.25) is 5.02 Å². The fraction of sp³-hybridized carbons (Fsp3) is 0.148. The van der Waals surface area contributed by atoms with E-state index in [4.69, 9.17) is 20.8 Å². The molecule has 0 aliphatic carbocycles. The van der Waals surface area contributed by atoms with E-state index in [1.165, 1.54) is 34.1 Å². The first kappa shape index (κ1) is 25.4. The number of nitro groups is 1. The molecule has 1 aliphatic heterocycles. The topological polar surface area (TPSA) is 117 Å². The van der Waals surface area contributed by atoms with E-state index in [2.05, 4.69) is 4.99 Å². The van der Waals surface area contributed by atoms with Gasteiger partial charge < -0.3 is 9.15 Å². The lowest BCUT2D eigenvalue weighted by Crippen LogP contribution is -2.39. The van der Waals surface area contributed by atoms with Gasteiger partial charge in [0.15, 0.2) is 4.80 Å². The maximum absolute atomic E-state index is 13.6. The first-order valence-corrected chi connectivity index (χ1v) is 12.8. The summed E-state index contributed by atoms with van der Waals surface area (Å²) in [7, 11) is 0. The van der Waals surface area contributed by atoms with E-state index in [1.54, 1.807) is 32.1 Å². The van der Waals surface area contributed by atoms with Crippen molar-refractivity contribution >= 4 is 40.7 Å². The van der Waals surface area contributed by atoms with Crippen molar-refractivity contribution in [2.45, 2.75) is 19.9 Å². The Morgan fingerprint density at radius 2 is 2.00 bits per heavy atom. The quantitative estimate of drug-likeness (QED) is 0.197. The van der Waals surface area contributed by atoms with Gasteiger partial charge in [0.05, 0.1) is 38.4 Å². The van der Waals surface area contributed by atoms with E-state index in [9.17, 15) is 19.7 Å². The van der Waals surface area contributed by atoms with Crippen LogP contribution < -0.4 is 14.9 Å². The molecule has 192 valence electrons. The van der Waals surface area contributed by atoms with Gasteiger partial charge in [0.2, 0.25) is 0 Å². The number of halogens is 1. The molecule has 2 aromatic carbocycles. The van der Waals surface area contributed by atoms with E-state index in [-0.39, 0.29) is 22.9 Å². The van der Waals surface area contributed by atoms with Crippen LogP contribution in [0.5, 0.6) is 0 Å².